The van der Waals surface area contributed by atoms with Gasteiger partial charge in [0.15, 0.2) is 6.29 Å². The molecule has 1 aromatic rings. The van der Waals surface area contributed by atoms with E-state index in [1.165, 1.54) is 18.4 Å². The quantitative estimate of drug-likeness (QED) is 0.265. The lowest BCUT2D eigenvalue weighted by Crippen LogP contribution is -1.99. The van der Waals surface area contributed by atoms with Crippen LogP contribution in [0.5, 0.6) is 0 Å². The molecule has 0 aliphatic heterocycles. The molecule has 82 valence electrons. The molecule has 0 bridgehead atoms. The summed E-state index contributed by atoms with van der Waals surface area (Å²) in [6.07, 6.45) is 4.36. The van der Waals surface area contributed by atoms with Gasteiger partial charge in [-0.2, -0.15) is 0 Å². The summed E-state index contributed by atoms with van der Waals surface area (Å²) in [5.41, 5.74) is 0.456. The summed E-state index contributed by atoms with van der Waals surface area (Å²) in [5.74, 6) is -0.465. The fourth-order valence-corrected chi connectivity index (χ4v) is 0.987. The van der Waals surface area contributed by atoms with Gasteiger partial charge in [0, 0.05) is 0 Å². The smallest absolute Gasteiger partial charge is 0.342 e. The van der Waals surface area contributed by atoms with E-state index in [2.05, 4.69) is 0 Å². The van der Waals surface area contributed by atoms with Gasteiger partial charge < -0.3 is 4.74 Å². The summed E-state index contributed by atoms with van der Waals surface area (Å²) < 4.78 is 4.78. The molecule has 0 aromatic heterocycles. The molecule has 0 atom stereocenters. The van der Waals surface area contributed by atoms with Crippen LogP contribution in [-0.4, -0.2) is 12.3 Å². The second-order valence-corrected chi connectivity index (χ2v) is 3.21. The standard InChI is InChI=1S/C12H9ClO3/c13-11(9-14)7-4-8-16-12(15)10-5-2-1-3-6-10/h1-9H/b8-4+,11-7-. The highest BCUT2D eigenvalue weighted by atomic mass is 35.5. The second-order valence-electron chi connectivity index (χ2n) is 2.77. The average molecular weight is 237 g/mol. The zero-order valence-electron chi connectivity index (χ0n) is 8.30. The van der Waals surface area contributed by atoms with Crippen LogP contribution in [0.25, 0.3) is 0 Å². The number of benzene rings is 1. The Kier molecular flexibility index (Phi) is 5.02. The molecule has 0 saturated carbocycles. The Balaban J connectivity index is 2.51. The second kappa shape index (κ2) is 6.58. The van der Waals surface area contributed by atoms with Crippen molar-refractivity contribution >= 4 is 23.9 Å². The first-order valence-electron chi connectivity index (χ1n) is 4.47. The topological polar surface area (TPSA) is 43.4 Å². The normalized spacial score (nSPS) is 11.4. The third-order valence-corrected chi connectivity index (χ3v) is 1.85. The maximum absolute atomic E-state index is 11.4. The number of aldehydes is 1. The van der Waals surface area contributed by atoms with Crippen molar-refractivity contribution in [3.63, 3.8) is 0 Å². The predicted molar refractivity (Wildman–Crippen MR) is 61.0 cm³/mol. The monoisotopic (exact) mass is 236 g/mol. The maximum atomic E-state index is 11.4. The third-order valence-electron chi connectivity index (χ3n) is 1.63. The van der Waals surface area contributed by atoms with Crippen molar-refractivity contribution in [1.82, 2.24) is 0 Å². The van der Waals surface area contributed by atoms with Crippen LogP contribution >= 0.6 is 11.6 Å². The third kappa shape index (κ3) is 4.11. The highest BCUT2D eigenvalue weighted by molar-refractivity contribution is 6.38. The molecule has 4 heteroatoms. The summed E-state index contributed by atoms with van der Waals surface area (Å²) in [7, 11) is 0. The van der Waals surface area contributed by atoms with E-state index in [-0.39, 0.29) is 5.03 Å². The Morgan fingerprint density at radius 1 is 1.25 bits per heavy atom. The fraction of sp³-hybridized carbons (Fsp3) is 0. The molecule has 0 unspecified atom stereocenters. The molecular weight excluding hydrogens is 228 g/mol. The molecule has 3 nitrogen and oxygen atoms in total. The van der Waals surface area contributed by atoms with Crippen LogP contribution < -0.4 is 0 Å². The summed E-state index contributed by atoms with van der Waals surface area (Å²) in [6, 6.07) is 8.57. The van der Waals surface area contributed by atoms with Gasteiger partial charge >= 0.3 is 5.97 Å². The van der Waals surface area contributed by atoms with Gasteiger partial charge in [-0.15, -0.1) is 0 Å². The van der Waals surface area contributed by atoms with Crippen LogP contribution in [0.2, 0.25) is 0 Å². The average Bonchev–Trinajstić information content (AvgIpc) is 2.35. The zero-order valence-corrected chi connectivity index (χ0v) is 9.05. The first-order chi connectivity index (χ1) is 7.74. The molecule has 0 heterocycles. The van der Waals surface area contributed by atoms with Gasteiger partial charge in [0.2, 0.25) is 0 Å². The van der Waals surface area contributed by atoms with E-state index < -0.39 is 5.97 Å². The lowest BCUT2D eigenvalue weighted by atomic mass is 10.2. The number of carbonyl (C=O) groups is 2. The molecule has 0 N–H and O–H groups in total. The molecular formula is C12H9ClO3. The lowest BCUT2D eigenvalue weighted by Gasteiger charge is -1.97. The molecule has 1 aromatic carbocycles. The highest BCUT2D eigenvalue weighted by Crippen LogP contribution is 2.01. The van der Waals surface area contributed by atoms with Gasteiger partial charge in [0.05, 0.1) is 16.9 Å². The fourth-order valence-electron chi connectivity index (χ4n) is 0.914. The number of allylic oxidation sites excluding steroid dienone is 3. The minimum absolute atomic E-state index is 0.0343. The van der Waals surface area contributed by atoms with Gasteiger partial charge in [0.25, 0.3) is 0 Å². The Morgan fingerprint density at radius 3 is 2.56 bits per heavy atom. The molecule has 0 amide bonds. The van der Waals surface area contributed by atoms with E-state index in [9.17, 15) is 9.59 Å². The number of rotatable bonds is 4. The minimum atomic E-state index is -0.465. The lowest BCUT2D eigenvalue weighted by molar-refractivity contribution is -0.104. The Morgan fingerprint density at radius 2 is 1.94 bits per heavy atom. The first kappa shape index (κ1) is 12.2. The van der Waals surface area contributed by atoms with E-state index in [1.807, 2.05) is 0 Å². The number of hydrogen-bond acceptors (Lipinski definition) is 3. The molecule has 0 fully saturated rings. The van der Waals surface area contributed by atoms with Crippen molar-refractivity contribution in [3.05, 3.63) is 59.3 Å². The van der Waals surface area contributed by atoms with E-state index >= 15 is 0 Å². The van der Waals surface area contributed by atoms with Gasteiger partial charge in [-0.1, -0.05) is 29.8 Å². The van der Waals surface area contributed by atoms with Crippen molar-refractivity contribution in [2.75, 3.05) is 0 Å². The number of halogens is 1. The largest absolute Gasteiger partial charge is 0.431 e. The summed E-state index contributed by atoms with van der Waals surface area (Å²) in [6.45, 7) is 0. The van der Waals surface area contributed by atoms with Gasteiger partial charge in [-0.3, -0.25) is 4.79 Å². The van der Waals surface area contributed by atoms with Gasteiger partial charge in [-0.05, 0) is 24.3 Å². The first-order valence-corrected chi connectivity index (χ1v) is 4.85. The van der Waals surface area contributed by atoms with Crippen LogP contribution in [0.4, 0.5) is 0 Å². The molecule has 0 saturated heterocycles. The van der Waals surface area contributed by atoms with Crippen molar-refractivity contribution in [2.24, 2.45) is 0 Å². The van der Waals surface area contributed by atoms with E-state index in [1.54, 1.807) is 30.3 Å². The Labute approximate surface area is 98.0 Å². The van der Waals surface area contributed by atoms with Gasteiger partial charge in [-0.25, -0.2) is 4.79 Å². The van der Waals surface area contributed by atoms with E-state index in [4.69, 9.17) is 16.3 Å². The Hall–Kier alpha value is -1.87. The summed E-state index contributed by atoms with van der Waals surface area (Å²) in [4.78, 5) is 21.5. The van der Waals surface area contributed by atoms with Crippen molar-refractivity contribution < 1.29 is 14.3 Å². The highest BCUT2D eigenvalue weighted by Gasteiger charge is 2.02. The predicted octanol–water partition coefficient (Wildman–Crippen LogP) is 2.68. The maximum Gasteiger partial charge on any atom is 0.342 e. The molecule has 16 heavy (non-hydrogen) atoms. The van der Waals surface area contributed by atoms with E-state index in [0.29, 0.717) is 11.8 Å². The van der Waals surface area contributed by atoms with Crippen molar-refractivity contribution in [2.45, 2.75) is 0 Å². The molecule has 0 aliphatic carbocycles. The SMILES string of the molecule is O=C/C(Cl)=C/C=C/OC(=O)c1ccccc1. The molecule has 0 radical (unpaired) electrons. The van der Waals surface area contributed by atoms with Crippen LogP contribution in [0.1, 0.15) is 10.4 Å². The van der Waals surface area contributed by atoms with Crippen LogP contribution in [0, 0.1) is 0 Å². The van der Waals surface area contributed by atoms with Crippen molar-refractivity contribution in [1.29, 1.82) is 0 Å². The number of ether oxygens (including phenoxy) is 1. The molecule has 0 spiro atoms. The molecule has 1 rings (SSSR count). The van der Waals surface area contributed by atoms with Crippen molar-refractivity contribution in [3.8, 4) is 0 Å². The van der Waals surface area contributed by atoms with Crippen LogP contribution in [0.3, 0.4) is 0 Å². The van der Waals surface area contributed by atoms with Crippen LogP contribution in [-0.2, 0) is 9.53 Å². The zero-order chi connectivity index (χ0) is 11.8. The summed E-state index contributed by atoms with van der Waals surface area (Å²) in [5, 5.41) is 0.0343. The number of carbonyl (C=O) groups excluding carboxylic acids is 2. The number of esters is 1. The van der Waals surface area contributed by atoms with E-state index in [0.717, 1.165) is 0 Å². The minimum Gasteiger partial charge on any atom is -0.431 e. The molecule has 0 aliphatic rings. The Bertz CT molecular complexity index is 421. The number of hydrogen-bond donors (Lipinski definition) is 0. The summed E-state index contributed by atoms with van der Waals surface area (Å²) >= 11 is 5.40. The van der Waals surface area contributed by atoms with Crippen LogP contribution in [0.15, 0.2) is 53.8 Å². The van der Waals surface area contributed by atoms with Gasteiger partial charge in [0.1, 0.15) is 0 Å².